The van der Waals surface area contributed by atoms with E-state index in [9.17, 15) is 27.6 Å². The number of sulfonamides is 1. The Hall–Kier alpha value is -3.51. The van der Waals surface area contributed by atoms with Crippen LogP contribution in [0.4, 0.5) is 5.69 Å². The molecule has 0 spiro atoms. The van der Waals surface area contributed by atoms with Gasteiger partial charge in [0.15, 0.2) is 0 Å². The Bertz CT molecular complexity index is 1190. The van der Waals surface area contributed by atoms with Crippen molar-refractivity contribution in [2.24, 2.45) is 0 Å². The van der Waals surface area contributed by atoms with Crippen LogP contribution in [0.3, 0.4) is 0 Å². The van der Waals surface area contributed by atoms with Gasteiger partial charge in [-0.2, -0.15) is 4.31 Å². The molecule has 2 N–H and O–H groups in total. The Morgan fingerprint density at radius 2 is 1.65 bits per heavy atom. The highest BCUT2D eigenvalue weighted by Crippen LogP contribution is 2.14. The molecular weight excluding hydrogens is 464 g/mol. The van der Waals surface area contributed by atoms with Crippen molar-refractivity contribution >= 4 is 33.5 Å². The Morgan fingerprint density at radius 1 is 1.00 bits per heavy atom. The third-order valence-electron chi connectivity index (χ3n) is 4.87. The molecule has 0 bridgehead atoms. The average molecular weight is 493 g/mol. The number of hydrogen-bond donors (Lipinski definition) is 2. The SMILES string of the molecule is CCN(CC)S(=O)(=O)c1ccc(=O)n(CC(=O)Nc2ccc(CC(=O)NCC(=O)OC)cc2)c1. The number of amides is 2. The first-order valence-electron chi connectivity index (χ1n) is 10.5. The normalized spacial score (nSPS) is 11.2. The van der Waals surface area contributed by atoms with Gasteiger partial charge in [-0.3, -0.25) is 19.2 Å². The first-order valence-corrected chi connectivity index (χ1v) is 12.0. The molecule has 2 amide bonds. The Morgan fingerprint density at radius 3 is 2.24 bits per heavy atom. The van der Waals surface area contributed by atoms with Crippen molar-refractivity contribution in [1.82, 2.24) is 14.2 Å². The highest BCUT2D eigenvalue weighted by Gasteiger charge is 2.22. The van der Waals surface area contributed by atoms with Gasteiger partial charge in [0.25, 0.3) is 5.56 Å². The summed E-state index contributed by atoms with van der Waals surface area (Å²) in [5.41, 5.74) is 0.580. The summed E-state index contributed by atoms with van der Waals surface area (Å²) in [5, 5.41) is 5.06. The number of carbonyl (C=O) groups is 3. The molecule has 2 aromatic rings. The van der Waals surface area contributed by atoms with Crippen LogP contribution in [0.25, 0.3) is 0 Å². The quantitative estimate of drug-likeness (QED) is 0.431. The van der Waals surface area contributed by atoms with Crippen molar-refractivity contribution < 1.29 is 27.5 Å². The zero-order valence-electron chi connectivity index (χ0n) is 19.2. The van der Waals surface area contributed by atoms with E-state index >= 15 is 0 Å². The van der Waals surface area contributed by atoms with Crippen LogP contribution in [-0.4, -0.2) is 61.8 Å². The molecule has 184 valence electrons. The first-order chi connectivity index (χ1) is 16.1. The summed E-state index contributed by atoms with van der Waals surface area (Å²) < 4.78 is 32.1. The second-order valence-electron chi connectivity index (χ2n) is 7.20. The number of nitrogens with one attached hydrogen (secondary N) is 2. The Labute approximate surface area is 197 Å². The molecule has 0 saturated carbocycles. The van der Waals surface area contributed by atoms with Crippen LogP contribution in [-0.2, 0) is 42.1 Å². The van der Waals surface area contributed by atoms with E-state index in [1.807, 2.05) is 0 Å². The van der Waals surface area contributed by atoms with E-state index in [1.165, 1.54) is 17.5 Å². The van der Waals surface area contributed by atoms with E-state index in [0.717, 1.165) is 16.8 Å². The van der Waals surface area contributed by atoms with E-state index in [4.69, 9.17) is 0 Å². The minimum Gasteiger partial charge on any atom is -0.468 e. The molecule has 0 unspecified atom stereocenters. The lowest BCUT2D eigenvalue weighted by atomic mass is 10.1. The molecule has 12 heteroatoms. The minimum atomic E-state index is -3.78. The summed E-state index contributed by atoms with van der Waals surface area (Å²) in [5.74, 6) is -1.44. The Balaban J connectivity index is 2.03. The lowest BCUT2D eigenvalue weighted by Crippen LogP contribution is -2.33. The van der Waals surface area contributed by atoms with Crippen molar-refractivity contribution in [1.29, 1.82) is 0 Å². The molecule has 0 atom stereocenters. The fourth-order valence-corrected chi connectivity index (χ4v) is 4.53. The van der Waals surface area contributed by atoms with Crippen LogP contribution in [0.1, 0.15) is 19.4 Å². The Kier molecular flexibility index (Phi) is 9.51. The maximum Gasteiger partial charge on any atom is 0.325 e. The summed E-state index contributed by atoms with van der Waals surface area (Å²) in [4.78, 5) is 47.4. The molecule has 0 aliphatic carbocycles. The van der Waals surface area contributed by atoms with Crippen LogP contribution < -0.4 is 16.2 Å². The largest absolute Gasteiger partial charge is 0.468 e. The summed E-state index contributed by atoms with van der Waals surface area (Å²) in [6, 6.07) is 8.79. The molecular formula is C22H28N4O7S. The van der Waals surface area contributed by atoms with Crippen LogP contribution in [0.15, 0.2) is 52.3 Å². The zero-order valence-corrected chi connectivity index (χ0v) is 20.1. The lowest BCUT2D eigenvalue weighted by molar-refractivity contribution is -0.141. The molecule has 11 nitrogen and oxygen atoms in total. The van der Waals surface area contributed by atoms with E-state index in [0.29, 0.717) is 11.3 Å². The molecule has 0 saturated heterocycles. The first kappa shape index (κ1) is 26.7. The summed E-state index contributed by atoms with van der Waals surface area (Å²) in [6.45, 7) is 3.39. The molecule has 0 radical (unpaired) electrons. The van der Waals surface area contributed by atoms with Gasteiger partial charge in [0, 0.05) is 31.0 Å². The average Bonchev–Trinajstić information content (AvgIpc) is 2.80. The predicted molar refractivity (Wildman–Crippen MR) is 125 cm³/mol. The number of pyridine rings is 1. The lowest BCUT2D eigenvalue weighted by Gasteiger charge is -2.19. The van der Waals surface area contributed by atoms with Crippen molar-refractivity contribution in [2.45, 2.75) is 31.7 Å². The number of methoxy groups -OCH3 is 1. The topological polar surface area (TPSA) is 144 Å². The van der Waals surface area contributed by atoms with Gasteiger partial charge in [-0.15, -0.1) is 0 Å². The van der Waals surface area contributed by atoms with Crippen LogP contribution in [0.2, 0.25) is 0 Å². The molecule has 0 aliphatic heterocycles. The number of rotatable bonds is 11. The van der Waals surface area contributed by atoms with Crippen molar-refractivity contribution in [2.75, 3.05) is 32.1 Å². The monoisotopic (exact) mass is 492 g/mol. The van der Waals surface area contributed by atoms with Gasteiger partial charge in [-0.1, -0.05) is 26.0 Å². The molecule has 1 aromatic carbocycles. The van der Waals surface area contributed by atoms with E-state index < -0.39 is 27.5 Å². The highest BCUT2D eigenvalue weighted by atomic mass is 32.2. The maximum atomic E-state index is 12.7. The van der Waals surface area contributed by atoms with Gasteiger partial charge in [0.1, 0.15) is 13.1 Å². The van der Waals surface area contributed by atoms with E-state index in [1.54, 1.807) is 38.1 Å². The second kappa shape index (κ2) is 12.1. The summed E-state index contributed by atoms with van der Waals surface area (Å²) in [6.07, 6.45) is 1.19. The number of hydrogen-bond acceptors (Lipinski definition) is 7. The number of ether oxygens (including phenoxy) is 1. The van der Waals surface area contributed by atoms with Crippen LogP contribution >= 0.6 is 0 Å². The van der Waals surface area contributed by atoms with Gasteiger partial charge in [0.2, 0.25) is 21.8 Å². The molecule has 0 fully saturated rings. The molecule has 2 rings (SSSR count). The molecule has 1 heterocycles. The van der Waals surface area contributed by atoms with Crippen LogP contribution in [0, 0.1) is 0 Å². The number of anilines is 1. The van der Waals surface area contributed by atoms with Crippen molar-refractivity contribution in [3.63, 3.8) is 0 Å². The number of aromatic nitrogens is 1. The highest BCUT2D eigenvalue weighted by molar-refractivity contribution is 7.89. The number of carbonyl (C=O) groups excluding carboxylic acids is 3. The standard InChI is InChI=1S/C22H28N4O7S/c1-4-26(5-2)34(31,32)18-10-11-21(29)25(14-18)15-20(28)24-17-8-6-16(7-9-17)12-19(27)23-13-22(30)33-3/h6-11,14H,4-5,12-13,15H2,1-3H3,(H,23,27)(H,24,28). The third-order valence-corrected chi connectivity index (χ3v) is 6.91. The van der Waals surface area contributed by atoms with Gasteiger partial charge in [0.05, 0.1) is 18.4 Å². The zero-order chi connectivity index (χ0) is 25.3. The van der Waals surface area contributed by atoms with Crippen LogP contribution in [0.5, 0.6) is 0 Å². The summed E-state index contributed by atoms with van der Waals surface area (Å²) in [7, 11) is -2.55. The van der Waals surface area contributed by atoms with Crippen molar-refractivity contribution in [3.8, 4) is 0 Å². The van der Waals surface area contributed by atoms with E-state index in [-0.39, 0.29) is 43.4 Å². The maximum absolute atomic E-state index is 12.7. The predicted octanol–water partition coefficient (Wildman–Crippen LogP) is 0.349. The van der Waals surface area contributed by atoms with Crippen molar-refractivity contribution in [3.05, 3.63) is 58.5 Å². The number of nitrogens with zero attached hydrogens (tertiary/aromatic N) is 2. The number of benzene rings is 1. The van der Waals surface area contributed by atoms with Gasteiger partial charge in [-0.25, -0.2) is 8.42 Å². The van der Waals surface area contributed by atoms with Gasteiger partial charge in [-0.05, 0) is 23.8 Å². The fraction of sp³-hybridized carbons (Fsp3) is 0.364. The van der Waals surface area contributed by atoms with Gasteiger partial charge < -0.3 is 19.9 Å². The van der Waals surface area contributed by atoms with Gasteiger partial charge >= 0.3 is 5.97 Å². The third kappa shape index (κ3) is 7.25. The smallest absolute Gasteiger partial charge is 0.325 e. The molecule has 1 aromatic heterocycles. The fourth-order valence-electron chi connectivity index (χ4n) is 3.05. The molecule has 34 heavy (non-hydrogen) atoms. The second-order valence-corrected chi connectivity index (χ2v) is 9.13. The summed E-state index contributed by atoms with van der Waals surface area (Å²) >= 11 is 0. The van der Waals surface area contributed by atoms with E-state index in [2.05, 4.69) is 15.4 Å². The number of esters is 1. The molecule has 0 aliphatic rings. The minimum absolute atomic E-state index is 0.0361.